The van der Waals surface area contributed by atoms with Crippen LogP contribution in [0.1, 0.15) is 26.7 Å². The third-order valence-electron chi connectivity index (χ3n) is 3.80. The maximum absolute atomic E-state index is 13.2. The fraction of sp³-hybridized carbons (Fsp3) is 0.923. The Morgan fingerprint density at radius 2 is 2.21 bits per heavy atom. The van der Waals surface area contributed by atoms with Gasteiger partial charge in [0.2, 0.25) is 0 Å². The van der Waals surface area contributed by atoms with Crippen LogP contribution in [0.15, 0.2) is 0 Å². The molecule has 0 aromatic heterocycles. The van der Waals surface area contributed by atoms with Gasteiger partial charge in [0.15, 0.2) is 5.78 Å². The van der Waals surface area contributed by atoms with E-state index in [0.717, 1.165) is 31.1 Å². The summed E-state index contributed by atoms with van der Waals surface area (Å²) in [5, 5.41) is 3.93. The van der Waals surface area contributed by atoms with Crippen LogP contribution in [0.5, 0.6) is 0 Å². The first kappa shape index (κ1) is 16.9. The lowest BCUT2D eigenvalue weighted by Crippen LogP contribution is -2.40. The lowest BCUT2D eigenvalue weighted by atomic mass is 10.0. The van der Waals surface area contributed by atoms with Crippen molar-refractivity contribution in [2.45, 2.75) is 37.6 Å². The highest BCUT2D eigenvalue weighted by Gasteiger charge is 2.51. The van der Waals surface area contributed by atoms with Crippen molar-refractivity contribution in [2.24, 2.45) is 0 Å². The SMILES string of the molecule is CCNC(SC)C(=O)CN(C)CCC1(CC)CN1F. The van der Waals surface area contributed by atoms with Gasteiger partial charge in [-0.3, -0.25) is 15.0 Å². The predicted octanol–water partition coefficient (Wildman–Crippen LogP) is 1.52. The highest BCUT2D eigenvalue weighted by atomic mass is 32.2. The molecule has 0 spiro atoms. The first-order valence-corrected chi connectivity index (χ1v) is 8.18. The van der Waals surface area contributed by atoms with Crippen LogP contribution >= 0.6 is 11.8 Å². The van der Waals surface area contributed by atoms with Gasteiger partial charge in [0.05, 0.1) is 18.6 Å². The first-order valence-electron chi connectivity index (χ1n) is 6.90. The number of thioether (sulfide) groups is 1. The van der Waals surface area contributed by atoms with Crippen molar-refractivity contribution >= 4 is 17.5 Å². The van der Waals surface area contributed by atoms with E-state index in [0.29, 0.717) is 13.1 Å². The van der Waals surface area contributed by atoms with E-state index in [1.54, 1.807) is 0 Å². The molecule has 19 heavy (non-hydrogen) atoms. The molecule has 1 aliphatic heterocycles. The van der Waals surface area contributed by atoms with Crippen molar-refractivity contribution in [3.8, 4) is 0 Å². The number of carbonyl (C=O) groups is 1. The summed E-state index contributed by atoms with van der Waals surface area (Å²) in [5.41, 5.74) is -0.252. The van der Waals surface area contributed by atoms with Gasteiger partial charge in [-0.2, -0.15) is 0 Å². The van der Waals surface area contributed by atoms with Crippen molar-refractivity contribution in [1.82, 2.24) is 15.3 Å². The highest BCUT2D eigenvalue weighted by molar-refractivity contribution is 7.99. The van der Waals surface area contributed by atoms with Crippen molar-refractivity contribution in [1.29, 1.82) is 0 Å². The Kier molecular flexibility index (Phi) is 6.73. The Bertz CT molecular complexity index is 302. The lowest BCUT2D eigenvalue weighted by Gasteiger charge is -2.21. The molecule has 3 atom stereocenters. The quantitative estimate of drug-likeness (QED) is 0.375. The number of likely N-dealkylation sites (N-methyl/N-ethyl adjacent to an activating group) is 2. The second kappa shape index (κ2) is 7.57. The van der Waals surface area contributed by atoms with E-state index in [1.807, 2.05) is 32.1 Å². The van der Waals surface area contributed by atoms with E-state index in [1.165, 1.54) is 11.8 Å². The van der Waals surface area contributed by atoms with Gasteiger partial charge in [0.25, 0.3) is 0 Å². The topological polar surface area (TPSA) is 35.4 Å². The average molecular weight is 291 g/mol. The third kappa shape index (κ3) is 4.70. The van der Waals surface area contributed by atoms with E-state index in [4.69, 9.17) is 0 Å². The van der Waals surface area contributed by atoms with Gasteiger partial charge in [0.1, 0.15) is 5.37 Å². The molecule has 1 rings (SSSR count). The third-order valence-corrected chi connectivity index (χ3v) is 4.71. The van der Waals surface area contributed by atoms with Gasteiger partial charge in [-0.1, -0.05) is 13.8 Å². The van der Waals surface area contributed by atoms with Gasteiger partial charge in [-0.05, 0) is 32.7 Å². The van der Waals surface area contributed by atoms with Crippen LogP contribution in [0.25, 0.3) is 0 Å². The average Bonchev–Trinajstić information content (AvgIpc) is 3.04. The highest BCUT2D eigenvalue weighted by Crippen LogP contribution is 2.39. The number of ketones is 1. The standard InChI is InChI=1S/C13H26FN3OS/c1-5-13(10-17(13)14)7-8-16(3)9-11(18)12(19-4)15-6-2/h12,15H,5-10H2,1-4H3. The first-order chi connectivity index (χ1) is 8.99. The second-order valence-electron chi connectivity index (χ2n) is 5.23. The molecule has 1 heterocycles. The van der Waals surface area contributed by atoms with Crippen LogP contribution in [0.3, 0.4) is 0 Å². The van der Waals surface area contributed by atoms with E-state index in [2.05, 4.69) is 5.32 Å². The van der Waals surface area contributed by atoms with Crippen LogP contribution in [-0.2, 0) is 4.79 Å². The Morgan fingerprint density at radius 1 is 1.58 bits per heavy atom. The molecule has 1 N–H and O–H groups in total. The number of carbonyl (C=O) groups excluding carboxylic acids is 1. The van der Waals surface area contributed by atoms with Crippen molar-refractivity contribution in [3.05, 3.63) is 0 Å². The van der Waals surface area contributed by atoms with E-state index in [9.17, 15) is 9.28 Å². The minimum atomic E-state index is -0.252. The molecule has 0 aromatic carbocycles. The van der Waals surface area contributed by atoms with Gasteiger partial charge in [0, 0.05) is 6.54 Å². The molecule has 0 aromatic rings. The predicted molar refractivity (Wildman–Crippen MR) is 78.9 cm³/mol. The van der Waals surface area contributed by atoms with Crippen LogP contribution in [-0.4, -0.2) is 66.2 Å². The molecule has 0 amide bonds. The second-order valence-corrected chi connectivity index (χ2v) is 6.17. The normalized spacial score (nSPS) is 27.6. The molecule has 112 valence electrons. The van der Waals surface area contributed by atoms with Gasteiger partial charge in [-0.15, -0.1) is 21.4 Å². The number of hydrogen-bond donors (Lipinski definition) is 1. The van der Waals surface area contributed by atoms with E-state index >= 15 is 0 Å². The van der Waals surface area contributed by atoms with Crippen LogP contribution in [0.4, 0.5) is 4.48 Å². The van der Waals surface area contributed by atoms with Crippen LogP contribution in [0, 0.1) is 0 Å². The zero-order chi connectivity index (χ0) is 14.5. The number of rotatable bonds is 10. The van der Waals surface area contributed by atoms with Crippen molar-refractivity contribution < 1.29 is 9.28 Å². The lowest BCUT2D eigenvalue weighted by molar-refractivity contribution is -0.119. The molecule has 6 heteroatoms. The van der Waals surface area contributed by atoms with Gasteiger partial charge < -0.3 is 0 Å². The molecule has 0 saturated carbocycles. The Balaban J connectivity index is 2.30. The summed E-state index contributed by atoms with van der Waals surface area (Å²) in [6.45, 7) is 6.51. The fourth-order valence-electron chi connectivity index (χ4n) is 2.22. The van der Waals surface area contributed by atoms with Gasteiger partial charge >= 0.3 is 0 Å². The zero-order valence-corrected chi connectivity index (χ0v) is 13.2. The minimum absolute atomic E-state index is 0.133. The summed E-state index contributed by atoms with van der Waals surface area (Å²) in [6, 6.07) is 0. The number of nitrogens with zero attached hydrogens (tertiary/aromatic N) is 2. The van der Waals surface area contributed by atoms with Gasteiger partial charge in [-0.25, -0.2) is 0 Å². The summed E-state index contributed by atoms with van der Waals surface area (Å²) in [5.74, 6) is 0.190. The molecule has 1 saturated heterocycles. The summed E-state index contributed by atoms with van der Waals surface area (Å²) < 4.78 is 13.2. The maximum Gasteiger partial charge on any atom is 0.173 e. The van der Waals surface area contributed by atoms with Crippen molar-refractivity contribution in [2.75, 3.05) is 39.5 Å². The Hall–Kier alpha value is -0.170. The number of nitrogens with one attached hydrogen (secondary N) is 1. The summed E-state index contributed by atoms with van der Waals surface area (Å²) in [7, 11) is 1.93. The van der Waals surface area contributed by atoms with E-state index in [-0.39, 0.29) is 16.7 Å². The van der Waals surface area contributed by atoms with Crippen LogP contribution < -0.4 is 5.32 Å². The van der Waals surface area contributed by atoms with Crippen LogP contribution in [0.2, 0.25) is 0 Å². The largest absolute Gasteiger partial charge is 0.299 e. The summed E-state index contributed by atoms with van der Waals surface area (Å²) >= 11 is 1.53. The number of Topliss-reactive ketones (excluding diaryl/α,β-unsaturated/α-hetero) is 1. The summed E-state index contributed by atoms with van der Waals surface area (Å²) in [4.78, 5) is 14.0. The molecular weight excluding hydrogens is 265 g/mol. The number of halogens is 1. The van der Waals surface area contributed by atoms with Crippen molar-refractivity contribution in [3.63, 3.8) is 0 Å². The molecular formula is C13H26FN3OS. The Labute approximate surface area is 120 Å². The Morgan fingerprint density at radius 3 is 2.63 bits per heavy atom. The van der Waals surface area contributed by atoms with E-state index < -0.39 is 0 Å². The molecule has 1 fully saturated rings. The fourth-order valence-corrected chi connectivity index (χ4v) is 2.90. The molecule has 0 radical (unpaired) electrons. The zero-order valence-electron chi connectivity index (χ0n) is 12.4. The molecule has 4 nitrogen and oxygen atoms in total. The molecule has 0 aliphatic carbocycles. The maximum atomic E-state index is 13.2. The smallest absolute Gasteiger partial charge is 0.173 e. The molecule has 3 unspecified atom stereocenters. The minimum Gasteiger partial charge on any atom is -0.299 e. The molecule has 1 aliphatic rings. The summed E-state index contributed by atoms with van der Waals surface area (Å²) in [6.07, 6.45) is 3.55. The molecule has 0 bridgehead atoms. The number of hydrogen-bond acceptors (Lipinski definition) is 5. The monoisotopic (exact) mass is 291 g/mol.